The van der Waals surface area contributed by atoms with Crippen LogP contribution in [-0.2, 0) is 27.4 Å². The van der Waals surface area contributed by atoms with Gasteiger partial charge in [-0.25, -0.2) is 9.69 Å². The molecule has 0 bridgehead atoms. The summed E-state index contributed by atoms with van der Waals surface area (Å²) in [4.78, 5) is 28.6. The largest absolute Gasteiger partial charge is 0.416 e. The van der Waals surface area contributed by atoms with E-state index in [9.17, 15) is 35.9 Å². The summed E-state index contributed by atoms with van der Waals surface area (Å²) in [5, 5.41) is 2.65. The van der Waals surface area contributed by atoms with E-state index in [0.717, 1.165) is 4.90 Å². The summed E-state index contributed by atoms with van der Waals surface area (Å²) in [5.74, 6) is -0.701. The van der Waals surface area contributed by atoms with Crippen molar-refractivity contribution in [3.63, 3.8) is 0 Å². The third-order valence-electron chi connectivity index (χ3n) is 6.31. The molecule has 1 N–H and O–H groups in total. The van der Waals surface area contributed by atoms with E-state index in [1.165, 1.54) is 18.7 Å². The number of benzene rings is 3. The molecule has 0 unspecified atom stereocenters. The predicted molar refractivity (Wildman–Crippen MR) is 133 cm³/mol. The van der Waals surface area contributed by atoms with Gasteiger partial charge in [0.25, 0.3) is 5.91 Å². The number of nitrogens with one attached hydrogen (secondary N) is 1. The molecule has 3 aromatic carbocycles. The van der Waals surface area contributed by atoms with Gasteiger partial charge in [0.05, 0.1) is 29.5 Å². The summed E-state index contributed by atoms with van der Waals surface area (Å²) >= 11 is 1.32. The fourth-order valence-electron chi connectivity index (χ4n) is 4.27. The molecule has 39 heavy (non-hydrogen) atoms. The van der Waals surface area contributed by atoms with Gasteiger partial charge in [-0.2, -0.15) is 26.3 Å². The molecule has 4 rings (SSSR count). The molecule has 12 heteroatoms. The van der Waals surface area contributed by atoms with Crippen LogP contribution in [-0.4, -0.2) is 24.8 Å². The first-order valence-corrected chi connectivity index (χ1v) is 12.8. The molecular formula is C27H22F6N2O3S. The van der Waals surface area contributed by atoms with Gasteiger partial charge in [-0.05, 0) is 54.6 Å². The summed E-state index contributed by atoms with van der Waals surface area (Å²) in [6.07, 6.45) is -9.58. The number of hydrogen-bond donors (Lipinski definition) is 1. The number of anilines is 1. The predicted octanol–water partition coefficient (Wildman–Crippen LogP) is 7.18. The summed E-state index contributed by atoms with van der Waals surface area (Å²) in [5.41, 5.74) is -4.48. The first-order valence-electron chi connectivity index (χ1n) is 11.5. The molecule has 0 spiro atoms. The van der Waals surface area contributed by atoms with E-state index < -0.39 is 53.7 Å². The van der Waals surface area contributed by atoms with E-state index in [-0.39, 0.29) is 11.6 Å². The van der Waals surface area contributed by atoms with Crippen molar-refractivity contribution in [3.05, 3.63) is 95.1 Å². The van der Waals surface area contributed by atoms with Crippen molar-refractivity contribution in [2.45, 2.75) is 35.8 Å². The molecule has 3 aromatic rings. The molecule has 0 saturated carbocycles. The average molecular weight is 569 g/mol. The first kappa shape index (κ1) is 28.5. The van der Waals surface area contributed by atoms with Crippen LogP contribution < -0.4 is 10.2 Å². The lowest BCUT2D eigenvalue weighted by Crippen LogP contribution is -2.48. The lowest BCUT2D eigenvalue weighted by molar-refractivity contribution is -0.143. The molecule has 2 atom stereocenters. The van der Waals surface area contributed by atoms with Crippen molar-refractivity contribution in [3.8, 4) is 0 Å². The summed E-state index contributed by atoms with van der Waals surface area (Å²) in [6.45, 7) is 0.717. The third-order valence-corrected chi connectivity index (χ3v) is 7.10. The Morgan fingerprint density at radius 1 is 0.897 bits per heavy atom. The number of alkyl halides is 6. The Morgan fingerprint density at radius 2 is 1.46 bits per heavy atom. The number of carbonyl (C=O) groups excluding carboxylic acids is 2. The summed E-state index contributed by atoms with van der Waals surface area (Å²) < 4.78 is 86.0. The Balaban J connectivity index is 1.72. The zero-order valence-corrected chi connectivity index (χ0v) is 21.4. The highest BCUT2D eigenvalue weighted by atomic mass is 32.2. The van der Waals surface area contributed by atoms with Gasteiger partial charge in [-0.15, -0.1) is 11.8 Å². The highest BCUT2D eigenvalue weighted by Gasteiger charge is 2.54. The standard InChI is InChI=1S/C27H22F6N2O3S/c1-16(17-12-19(26(28,29)30)14-20(13-17)27(31,32)33)38-15-25(18-8-4-3-5-9-18)23(36)35(24(37)34-25)21-10-6-7-11-22(21)39-2/h3-14,16H,15H2,1-2H3,(H,34,37)/t16-,25-/m1/s1. The Bertz CT molecular complexity index is 1350. The van der Waals surface area contributed by atoms with Gasteiger partial charge in [0, 0.05) is 4.90 Å². The van der Waals surface area contributed by atoms with E-state index in [4.69, 9.17) is 4.74 Å². The molecule has 3 amide bonds. The summed E-state index contributed by atoms with van der Waals surface area (Å²) in [7, 11) is 0. The number of rotatable bonds is 7. The molecule has 0 aliphatic carbocycles. The fourth-order valence-corrected chi connectivity index (χ4v) is 4.85. The van der Waals surface area contributed by atoms with Gasteiger partial charge in [0.1, 0.15) is 0 Å². The van der Waals surface area contributed by atoms with E-state index in [0.29, 0.717) is 28.3 Å². The lowest BCUT2D eigenvalue weighted by atomic mass is 9.90. The zero-order chi connectivity index (χ0) is 28.6. The minimum atomic E-state index is -5.03. The van der Waals surface area contributed by atoms with Crippen LogP contribution in [0.1, 0.15) is 35.3 Å². The number of para-hydroxylation sites is 1. The molecule has 1 heterocycles. The average Bonchev–Trinajstić information content (AvgIpc) is 3.16. The molecule has 0 radical (unpaired) electrons. The highest BCUT2D eigenvalue weighted by molar-refractivity contribution is 7.98. The van der Waals surface area contributed by atoms with E-state index in [1.54, 1.807) is 60.9 Å². The van der Waals surface area contributed by atoms with Gasteiger partial charge >= 0.3 is 18.4 Å². The minimum absolute atomic E-state index is 0.0312. The monoisotopic (exact) mass is 568 g/mol. The van der Waals surface area contributed by atoms with Gasteiger partial charge in [0.15, 0.2) is 5.54 Å². The summed E-state index contributed by atoms with van der Waals surface area (Å²) in [6, 6.07) is 15.2. The second kappa shape index (κ2) is 10.6. The maximum absolute atomic E-state index is 13.9. The van der Waals surface area contributed by atoms with Crippen molar-refractivity contribution in [2.24, 2.45) is 0 Å². The van der Waals surface area contributed by atoms with Crippen molar-refractivity contribution in [2.75, 3.05) is 17.8 Å². The molecule has 5 nitrogen and oxygen atoms in total. The maximum Gasteiger partial charge on any atom is 0.416 e. The van der Waals surface area contributed by atoms with Crippen molar-refractivity contribution in [1.29, 1.82) is 0 Å². The topological polar surface area (TPSA) is 58.6 Å². The molecule has 1 saturated heterocycles. The van der Waals surface area contributed by atoms with Crippen LogP contribution >= 0.6 is 11.8 Å². The van der Waals surface area contributed by atoms with Crippen LogP contribution in [0.3, 0.4) is 0 Å². The molecule has 1 aliphatic heterocycles. The maximum atomic E-state index is 13.9. The molecular weight excluding hydrogens is 546 g/mol. The van der Waals surface area contributed by atoms with E-state index in [2.05, 4.69) is 5.32 Å². The number of nitrogens with zero attached hydrogens (tertiary/aromatic N) is 1. The van der Waals surface area contributed by atoms with Crippen LogP contribution in [0.15, 0.2) is 77.7 Å². The van der Waals surface area contributed by atoms with Crippen molar-refractivity contribution in [1.82, 2.24) is 5.32 Å². The smallest absolute Gasteiger partial charge is 0.370 e. The number of hydrogen-bond acceptors (Lipinski definition) is 4. The van der Waals surface area contributed by atoms with E-state index in [1.807, 2.05) is 0 Å². The Kier molecular flexibility index (Phi) is 7.72. The number of carbonyl (C=O) groups is 2. The number of urea groups is 1. The Labute approximate surface area is 224 Å². The number of amides is 3. The SMILES string of the molecule is CSc1ccccc1N1C(=O)N[C@](CO[C@H](C)c2cc(C(F)(F)F)cc(C(F)(F)F)c2)(c2ccccc2)C1=O. The second-order valence-corrected chi connectivity index (χ2v) is 9.65. The normalized spacial score (nSPS) is 18.8. The third kappa shape index (κ3) is 5.62. The molecule has 1 aliphatic rings. The lowest BCUT2D eigenvalue weighted by Gasteiger charge is -2.29. The molecule has 1 fully saturated rings. The van der Waals surface area contributed by atoms with E-state index >= 15 is 0 Å². The Hall–Kier alpha value is -3.51. The van der Waals surface area contributed by atoms with Crippen LogP contribution in [0.5, 0.6) is 0 Å². The van der Waals surface area contributed by atoms with Crippen LogP contribution in [0, 0.1) is 0 Å². The van der Waals surface area contributed by atoms with Gasteiger partial charge in [-0.3, -0.25) is 4.79 Å². The molecule has 0 aromatic heterocycles. The van der Waals surface area contributed by atoms with Crippen LogP contribution in [0.25, 0.3) is 0 Å². The van der Waals surface area contributed by atoms with Crippen molar-refractivity contribution < 1.29 is 40.7 Å². The van der Waals surface area contributed by atoms with Crippen molar-refractivity contribution >= 4 is 29.4 Å². The van der Waals surface area contributed by atoms with Gasteiger partial charge < -0.3 is 10.1 Å². The van der Waals surface area contributed by atoms with Crippen LogP contribution in [0.2, 0.25) is 0 Å². The minimum Gasteiger partial charge on any atom is -0.370 e. The van der Waals surface area contributed by atoms with Gasteiger partial charge in [0.2, 0.25) is 0 Å². The number of thioether (sulfide) groups is 1. The number of ether oxygens (including phenoxy) is 1. The fraction of sp³-hybridized carbons (Fsp3) is 0.259. The number of halogens is 6. The highest BCUT2D eigenvalue weighted by Crippen LogP contribution is 2.40. The van der Waals surface area contributed by atoms with Gasteiger partial charge in [-0.1, -0.05) is 42.5 Å². The number of imide groups is 1. The quantitative estimate of drug-likeness (QED) is 0.187. The molecule has 206 valence electrons. The Morgan fingerprint density at radius 3 is 2.03 bits per heavy atom. The zero-order valence-electron chi connectivity index (χ0n) is 20.6. The second-order valence-electron chi connectivity index (χ2n) is 8.81. The van der Waals surface area contributed by atoms with Crippen LogP contribution in [0.4, 0.5) is 36.8 Å². The first-order chi connectivity index (χ1) is 18.3.